The summed E-state index contributed by atoms with van der Waals surface area (Å²) in [4.78, 5) is 29.3. The summed E-state index contributed by atoms with van der Waals surface area (Å²) in [5, 5.41) is 12.4. The summed E-state index contributed by atoms with van der Waals surface area (Å²) in [7, 11) is 0. The lowest BCUT2D eigenvalue weighted by Gasteiger charge is -2.39. The van der Waals surface area contributed by atoms with Crippen LogP contribution in [0.3, 0.4) is 0 Å². The number of anilines is 1. The minimum Gasteiger partial charge on any atom is -0.508 e. The molecule has 0 spiro atoms. The Balaban J connectivity index is 1.72. The summed E-state index contributed by atoms with van der Waals surface area (Å²) in [5.74, 6) is -0.0107. The van der Waals surface area contributed by atoms with Gasteiger partial charge in [-0.1, -0.05) is 30.3 Å². The maximum absolute atomic E-state index is 13.2. The van der Waals surface area contributed by atoms with Gasteiger partial charge in [-0.05, 0) is 50.6 Å². The lowest BCUT2D eigenvalue weighted by Crippen LogP contribution is -2.52. The van der Waals surface area contributed by atoms with Crippen LogP contribution in [0.25, 0.3) is 0 Å². The quantitative estimate of drug-likeness (QED) is 0.751. The van der Waals surface area contributed by atoms with E-state index in [1.54, 1.807) is 17.0 Å². The van der Waals surface area contributed by atoms with Crippen LogP contribution < -0.4 is 5.32 Å². The van der Waals surface area contributed by atoms with Gasteiger partial charge in [0.05, 0.1) is 0 Å². The van der Waals surface area contributed by atoms with Crippen molar-refractivity contribution >= 4 is 17.7 Å². The fraction of sp³-hybridized carbons (Fsp3) is 0.391. The summed E-state index contributed by atoms with van der Waals surface area (Å²) < 4.78 is 5.46. The number of hydrogen-bond acceptors (Lipinski definition) is 5. The molecule has 1 saturated heterocycles. The second-order valence-electron chi connectivity index (χ2n) is 8.35. The van der Waals surface area contributed by atoms with Gasteiger partial charge in [-0.25, -0.2) is 4.79 Å². The van der Waals surface area contributed by atoms with Crippen molar-refractivity contribution in [1.29, 1.82) is 0 Å². The third kappa shape index (κ3) is 5.73. The zero-order valence-corrected chi connectivity index (χ0v) is 17.7. The number of ether oxygens (including phenoxy) is 1. The van der Waals surface area contributed by atoms with Crippen LogP contribution in [0.2, 0.25) is 0 Å². The van der Waals surface area contributed by atoms with Gasteiger partial charge in [-0.15, -0.1) is 0 Å². The normalized spacial score (nSPS) is 16.0. The van der Waals surface area contributed by atoms with E-state index in [2.05, 4.69) is 10.2 Å². The number of phenolic OH excluding ortho intramolecular Hbond substituents is 1. The summed E-state index contributed by atoms with van der Waals surface area (Å²) in [6.07, 6.45) is -0.327. The van der Waals surface area contributed by atoms with Crippen LogP contribution in [0.1, 0.15) is 32.4 Å². The van der Waals surface area contributed by atoms with Crippen LogP contribution in [-0.4, -0.2) is 58.7 Å². The van der Waals surface area contributed by atoms with Crippen LogP contribution in [-0.2, 0) is 9.53 Å². The summed E-state index contributed by atoms with van der Waals surface area (Å²) in [6.45, 7) is 7.64. The average molecular weight is 412 g/mol. The predicted octanol–water partition coefficient (Wildman–Crippen LogP) is 3.62. The number of nitrogens with zero attached hydrogens (tertiary/aromatic N) is 2. The number of rotatable bonds is 4. The Kier molecular flexibility index (Phi) is 6.62. The third-order valence-electron chi connectivity index (χ3n) is 4.83. The van der Waals surface area contributed by atoms with Gasteiger partial charge in [0.2, 0.25) is 5.91 Å². The number of amides is 2. The monoisotopic (exact) mass is 411 g/mol. The smallest absolute Gasteiger partial charge is 0.410 e. The molecule has 30 heavy (non-hydrogen) atoms. The first-order chi connectivity index (χ1) is 14.2. The molecule has 1 aliphatic heterocycles. The van der Waals surface area contributed by atoms with Crippen molar-refractivity contribution in [1.82, 2.24) is 9.80 Å². The number of aromatic hydroxyl groups is 1. The van der Waals surface area contributed by atoms with E-state index in [0.29, 0.717) is 31.9 Å². The molecule has 0 aromatic heterocycles. The molecule has 1 atom stereocenters. The first-order valence-corrected chi connectivity index (χ1v) is 10.1. The first kappa shape index (κ1) is 21.6. The molecule has 2 amide bonds. The zero-order chi connectivity index (χ0) is 21.7. The molecule has 7 heteroatoms. The van der Waals surface area contributed by atoms with E-state index in [4.69, 9.17) is 4.74 Å². The number of benzene rings is 2. The lowest BCUT2D eigenvalue weighted by atomic mass is 10.0. The molecule has 3 rings (SSSR count). The van der Waals surface area contributed by atoms with Gasteiger partial charge in [-0.3, -0.25) is 9.69 Å². The van der Waals surface area contributed by atoms with Gasteiger partial charge in [-0.2, -0.15) is 0 Å². The Morgan fingerprint density at radius 1 is 0.967 bits per heavy atom. The molecule has 1 aliphatic rings. The maximum Gasteiger partial charge on any atom is 0.410 e. The minimum absolute atomic E-state index is 0.144. The van der Waals surface area contributed by atoms with Gasteiger partial charge in [0, 0.05) is 31.9 Å². The Bertz CT molecular complexity index is 854. The fourth-order valence-electron chi connectivity index (χ4n) is 3.41. The Morgan fingerprint density at radius 2 is 1.57 bits per heavy atom. The molecule has 2 aromatic rings. The Labute approximate surface area is 177 Å². The van der Waals surface area contributed by atoms with Gasteiger partial charge >= 0.3 is 6.09 Å². The molecule has 2 N–H and O–H groups in total. The molecular formula is C23H29N3O4. The fourth-order valence-corrected chi connectivity index (χ4v) is 3.41. The van der Waals surface area contributed by atoms with Crippen LogP contribution in [0, 0.1) is 0 Å². The SMILES string of the molecule is CC(C)(C)OC(=O)N1CCN(C(C(=O)Nc2ccc(O)cc2)c2ccccc2)CC1. The summed E-state index contributed by atoms with van der Waals surface area (Å²) in [5.41, 5.74) is 0.968. The van der Waals surface area contributed by atoms with Gasteiger partial charge in [0.25, 0.3) is 0 Å². The summed E-state index contributed by atoms with van der Waals surface area (Å²) >= 11 is 0. The van der Waals surface area contributed by atoms with Gasteiger partial charge in [0.15, 0.2) is 0 Å². The molecule has 0 radical (unpaired) electrons. The van der Waals surface area contributed by atoms with Crippen molar-refractivity contribution in [3.63, 3.8) is 0 Å². The number of carbonyl (C=O) groups excluding carboxylic acids is 2. The number of hydrogen-bond donors (Lipinski definition) is 2. The standard InChI is InChI=1S/C23H29N3O4/c1-23(2,3)30-22(29)26-15-13-25(14-16-26)20(17-7-5-4-6-8-17)21(28)24-18-9-11-19(27)12-10-18/h4-12,20,27H,13-16H2,1-3H3,(H,24,28). The number of carbonyl (C=O) groups is 2. The molecule has 1 heterocycles. The molecule has 0 saturated carbocycles. The van der Waals surface area contributed by atoms with Gasteiger partial charge < -0.3 is 20.1 Å². The highest BCUT2D eigenvalue weighted by atomic mass is 16.6. The third-order valence-corrected chi connectivity index (χ3v) is 4.83. The molecule has 7 nitrogen and oxygen atoms in total. The molecule has 0 aliphatic carbocycles. The van der Waals surface area contributed by atoms with Crippen LogP contribution in [0.5, 0.6) is 5.75 Å². The number of phenols is 1. The van der Waals surface area contributed by atoms with E-state index in [0.717, 1.165) is 5.56 Å². The van der Waals surface area contributed by atoms with E-state index < -0.39 is 11.6 Å². The molecule has 1 fully saturated rings. The minimum atomic E-state index is -0.537. The maximum atomic E-state index is 13.2. The second kappa shape index (κ2) is 9.17. The van der Waals surface area contributed by atoms with E-state index in [9.17, 15) is 14.7 Å². The van der Waals surface area contributed by atoms with Crippen molar-refractivity contribution in [2.24, 2.45) is 0 Å². The highest BCUT2D eigenvalue weighted by Crippen LogP contribution is 2.25. The van der Waals surface area contributed by atoms with E-state index in [1.807, 2.05) is 51.1 Å². The average Bonchev–Trinajstić information content (AvgIpc) is 2.70. The van der Waals surface area contributed by atoms with E-state index >= 15 is 0 Å². The van der Waals surface area contributed by atoms with E-state index in [1.165, 1.54) is 12.1 Å². The van der Waals surface area contributed by atoms with Crippen molar-refractivity contribution in [3.8, 4) is 5.75 Å². The van der Waals surface area contributed by atoms with E-state index in [-0.39, 0.29) is 17.7 Å². The van der Waals surface area contributed by atoms with Crippen molar-refractivity contribution < 1.29 is 19.4 Å². The van der Waals surface area contributed by atoms with Crippen LogP contribution in [0.4, 0.5) is 10.5 Å². The summed E-state index contributed by atoms with van der Waals surface area (Å²) in [6, 6.07) is 15.5. The topological polar surface area (TPSA) is 82.1 Å². The Hall–Kier alpha value is -3.06. The van der Waals surface area contributed by atoms with Crippen LogP contribution in [0.15, 0.2) is 54.6 Å². The first-order valence-electron chi connectivity index (χ1n) is 10.1. The van der Waals surface area contributed by atoms with Gasteiger partial charge in [0.1, 0.15) is 17.4 Å². The molecule has 2 aromatic carbocycles. The molecule has 0 bridgehead atoms. The number of piperazine rings is 1. The highest BCUT2D eigenvalue weighted by Gasteiger charge is 2.33. The predicted molar refractivity (Wildman–Crippen MR) is 115 cm³/mol. The number of nitrogens with one attached hydrogen (secondary N) is 1. The van der Waals surface area contributed by atoms with Crippen molar-refractivity contribution in [3.05, 3.63) is 60.2 Å². The van der Waals surface area contributed by atoms with Crippen molar-refractivity contribution in [2.45, 2.75) is 32.4 Å². The Morgan fingerprint density at radius 3 is 2.13 bits per heavy atom. The van der Waals surface area contributed by atoms with Crippen LogP contribution >= 0.6 is 0 Å². The molecular weight excluding hydrogens is 382 g/mol. The second-order valence-corrected chi connectivity index (χ2v) is 8.35. The molecule has 160 valence electrons. The lowest BCUT2D eigenvalue weighted by molar-refractivity contribution is -0.122. The molecule has 1 unspecified atom stereocenters. The van der Waals surface area contributed by atoms with Crippen molar-refractivity contribution in [2.75, 3.05) is 31.5 Å². The largest absolute Gasteiger partial charge is 0.508 e. The zero-order valence-electron chi connectivity index (χ0n) is 17.7. The highest BCUT2D eigenvalue weighted by molar-refractivity contribution is 5.95.